The van der Waals surface area contributed by atoms with Crippen LogP contribution in [-0.2, 0) is 0 Å². The molecule has 1 rings (SSSR count). The lowest BCUT2D eigenvalue weighted by atomic mass is 10.1. The minimum atomic E-state index is 1.02. The third kappa shape index (κ3) is 8.01. The second-order valence-corrected chi connectivity index (χ2v) is 7.88. The van der Waals surface area contributed by atoms with Gasteiger partial charge in [-0.3, -0.25) is 4.48 Å². The van der Waals surface area contributed by atoms with Crippen LogP contribution in [0.4, 0.5) is 5.69 Å². The van der Waals surface area contributed by atoms with Crippen molar-refractivity contribution in [1.82, 2.24) is 4.48 Å². The number of nitrogens with zero attached hydrogens (tertiary/aromatic N) is 1. The van der Waals surface area contributed by atoms with E-state index in [1.807, 2.05) is 0 Å². The van der Waals surface area contributed by atoms with Gasteiger partial charge in [-0.2, -0.15) is 0 Å². The first-order valence-electron chi connectivity index (χ1n) is 9.88. The van der Waals surface area contributed by atoms with Crippen LogP contribution in [0.15, 0.2) is 18.2 Å². The van der Waals surface area contributed by atoms with Crippen molar-refractivity contribution in [3.63, 3.8) is 0 Å². The lowest BCUT2D eigenvalue weighted by Gasteiger charge is -2.31. The Hall–Kier alpha value is -0.820. The molecule has 1 aromatic carbocycles. The van der Waals surface area contributed by atoms with E-state index in [-0.39, 0.29) is 0 Å². The number of unbranched alkanes of at least 4 members (excludes halogenated alkanes) is 9. The molecular weight excluding hydrogens is 278 g/mol. The molecule has 0 N–H and O–H groups in total. The summed E-state index contributed by atoms with van der Waals surface area (Å²) in [6.07, 6.45) is 14.1. The van der Waals surface area contributed by atoms with Crippen LogP contribution in [0.2, 0.25) is 0 Å². The van der Waals surface area contributed by atoms with Gasteiger partial charge in [0.15, 0.2) is 0 Å². The van der Waals surface area contributed by atoms with Crippen molar-refractivity contribution in [2.45, 2.75) is 85.0 Å². The first-order chi connectivity index (χ1) is 11.0. The van der Waals surface area contributed by atoms with Crippen molar-refractivity contribution in [1.29, 1.82) is 0 Å². The molecule has 0 atom stereocenters. The van der Waals surface area contributed by atoms with Crippen LogP contribution in [-0.4, -0.2) is 20.6 Å². The molecule has 0 aliphatic heterocycles. The zero-order chi connectivity index (χ0) is 17.1. The molecule has 0 radical (unpaired) electrons. The molecule has 0 aromatic heterocycles. The van der Waals surface area contributed by atoms with Gasteiger partial charge in [-0.25, -0.2) is 0 Å². The normalized spacial score (nSPS) is 11.9. The summed E-state index contributed by atoms with van der Waals surface area (Å²) in [6, 6.07) is 6.86. The molecule has 0 saturated carbocycles. The monoisotopic (exact) mass is 318 g/mol. The van der Waals surface area contributed by atoms with E-state index < -0.39 is 0 Å². The predicted molar refractivity (Wildman–Crippen MR) is 106 cm³/mol. The average molecular weight is 319 g/mol. The molecule has 1 heteroatoms. The van der Waals surface area contributed by atoms with Crippen molar-refractivity contribution >= 4 is 5.69 Å². The van der Waals surface area contributed by atoms with Crippen molar-refractivity contribution in [2.75, 3.05) is 20.6 Å². The third-order valence-electron chi connectivity index (χ3n) is 5.09. The number of benzene rings is 1. The summed E-state index contributed by atoms with van der Waals surface area (Å²) in [5, 5.41) is 0. The number of rotatable bonds is 12. The van der Waals surface area contributed by atoms with E-state index in [1.165, 1.54) is 87.6 Å². The molecule has 0 amide bonds. The summed E-state index contributed by atoms with van der Waals surface area (Å²) in [6.45, 7) is 7.98. The minimum Gasteiger partial charge on any atom is -0.296 e. The molecular formula is C22H40N+. The number of hydrogen-bond donors (Lipinski definition) is 0. The Balaban J connectivity index is 2.18. The van der Waals surface area contributed by atoms with Gasteiger partial charge >= 0.3 is 0 Å². The van der Waals surface area contributed by atoms with E-state index in [9.17, 15) is 0 Å². The summed E-state index contributed by atoms with van der Waals surface area (Å²) in [4.78, 5) is 0. The molecule has 0 spiro atoms. The van der Waals surface area contributed by atoms with Crippen LogP contribution in [0.25, 0.3) is 0 Å². The topological polar surface area (TPSA) is 0 Å². The Morgan fingerprint density at radius 3 is 1.83 bits per heavy atom. The number of hydrogen-bond acceptors (Lipinski definition) is 0. The van der Waals surface area contributed by atoms with Gasteiger partial charge in [0.2, 0.25) is 0 Å². The Labute approximate surface area is 145 Å². The largest absolute Gasteiger partial charge is 0.296 e. The Bertz CT molecular complexity index is 434. The van der Waals surface area contributed by atoms with Crippen molar-refractivity contribution in [3.05, 3.63) is 29.3 Å². The summed E-state index contributed by atoms with van der Waals surface area (Å²) in [5.74, 6) is 0. The Morgan fingerprint density at radius 1 is 0.739 bits per heavy atom. The maximum absolute atomic E-state index is 2.37. The quantitative estimate of drug-likeness (QED) is 0.294. The van der Waals surface area contributed by atoms with E-state index in [2.05, 4.69) is 53.1 Å². The second kappa shape index (κ2) is 10.9. The summed E-state index contributed by atoms with van der Waals surface area (Å²) in [5.41, 5.74) is 4.29. The van der Waals surface area contributed by atoms with E-state index >= 15 is 0 Å². The van der Waals surface area contributed by atoms with Gasteiger partial charge < -0.3 is 0 Å². The highest BCUT2D eigenvalue weighted by molar-refractivity contribution is 5.51. The van der Waals surface area contributed by atoms with Crippen LogP contribution in [0.5, 0.6) is 0 Å². The van der Waals surface area contributed by atoms with Crippen LogP contribution >= 0.6 is 0 Å². The lowest BCUT2D eigenvalue weighted by Crippen LogP contribution is -2.41. The molecule has 0 heterocycles. The molecule has 0 aliphatic rings. The molecule has 1 nitrogen and oxygen atoms in total. The maximum Gasteiger partial charge on any atom is 0.135 e. The minimum absolute atomic E-state index is 1.02. The smallest absolute Gasteiger partial charge is 0.135 e. The van der Waals surface area contributed by atoms with E-state index in [4.69, 9.17) is 0 Å². The molecule has 0 unspecified atom stereocenters. The Morgan fingerprint density at radius 2 is 1.26 bits per heavy atom. The van der Waals surface area contributed by atoms with Crippen LogP contribution in [0.1, 0.15) is 82.3 Å². The molecule has 23 heavy (non-hydrogen) atoms. The fraction of sp³-hybridized carbons (Fsp3) is 0.727. The highest BCUT2D eigenvalue weighted by Gasteiger charge is 2.20. The summed E-state index contributed by atoms with van der Waals surface area (Å²) in [7, 11) is 4.71. The highest BCUT2D eigenvalue weighted by Crippen LogP contribution is 2.26. The molecule has 0 saturated heterocycles. The molecule has 0 bridgehead atoms. The zero-order valence-corrected chi connectivity index (χ0v) is 16.5. The highest BCUT2D eigenvalue weighted by atomic mass is 15.3. The van der Waals surface area contributed by atoms with Gasteiger partial charge in [-0.1, -0.05) is 70.4 Å². The average Bonchev–Trinajstić information content (AvgIpc) is 2.51. The van der Waals surface area contributed by atoms with E-state index in [0.29, 0.717) is 0 Å². The predicted octanol–water partition coefficient (Wildman–Crippen LogP) is 6.79. The summed E-state index contributed by atoms with van der Waals surface area (Å²) >= 11 is 0. The van der Waals surface area contributed by atoms with Gasteiger partial charge in [-0.05, 0) is 32.3 Å². The number of quaternary nitrogens is 1. The summed E-state index contributed by atoms with van der Waals surface area (Å²) < 4.78 is 1.02. The fourth-order valence-corrected chi connectivity index (χ4v) is 3.49. The van der Waals surface area contributed by atoms with Gasteiger partial charge in [0.05, 0.1) is 20.6 Å². The molecule has 0 aliphatic carbocycles. The fourth-order valence-electron chi connectivity index (χ4n) is 3.49. The van der Waals surface area contributed by atoms with Crippen LogP contribution < -0.4 is 4.48 Å². The second-order valence-electron chi connectivity index (χ2n) is 7.88. The first-order valence-corrected chi connectivity index (χ1v) is 9.88. The van der Waals surface area contributed by atoms with Gasteiger partial charge in [0, 0.05) is 11.6 Å². The SMILES string of the molecule is CCCCCCCCCCCC[N+](C)(C)c1cc(C)ccc1C. The lowest BCUT2D eigenvalue weighted by molar-refractivity contribution is 0.379. The van der Waals surface area contributed by atoms with Crippen LogP contribution in [0.3, 0.4) is 0 Å². The standard InChI is InChI=1S/C22H40N/c1-6-7-8-9-10-11-12-13-14-15-18-23(4,5)22-19-20(2)16-17-21(22)3/h16-17,19H,6-15,18H2,1-5H3/q+1. The van der Waals surface area contributed by atoms with E-state index in [0.717, 1.165) is 4.48 Å². The zero-order valence-electron chi connectivity index (χ0n) is 16.5. The number of aryl methyl sites for hydroxylation is 2. The van der Waals surface area contributed by atoms with Gasteiger partial charge in [-0.15, -0.1) is 0 Å². The van der Waals surface area contributed by atoms with Crippen molar-refractivity contribution in [2.24, 2.45) is 0 Å². The molecule has 132 valence electrons. The first kappa shape index (κ1) is 20.2. The van der Waals surface area contributed by atoms with Crippen LogP contribution in [0, 0.1) is 13.8 Å². The Kier molecular flexibility index (Phi) is 9.55. The maximum atomic E-state index is 2.37. The molecule has 0 fully saturated rings. The molecule has 1 aromatic rings. The third-order valence-corrected chi connectivity index (χ3v) is 5.09. The van der Waals surface area contributed by atoms with E-state index in [1.54, 1.807) is 0 Å². The van der Waals surface area contributed by atoms with Gasteiger partial charge in [0.1, 0.15) is 5.69 Å². The van der Waals surface area contributed by atoms with Crippen molar-refractivity contribution < 1.29 is 0 Å². The van der Waals surface area contributed by atoms with Gasteiger partial charge in [0.25, 0.3) is 0 Å². The van der Waals surface area contributed by atoms with Crippen molar-refractivity contribution in [3.8, 4) is 0 Å².